The van der Waals surface area contributed by atoms with Crippen molar-refractivity contribution in [1.82, 2.24) is 30.0 Å². The van der Waals surface area contributed by atoms with Crippen molar-refractivity contribution in [3.05, 3.63) is 66.6 Å². The number of pyridine rings is 1. The van der Waals surface area contributed by atoms with E-state index in [4.69, 9.17) is 4.52 Å². The van der Waals surface area contributed by atoms with Crippen LogP contribution in [-0.2, 0) is 6.42 Å². The number of likely N-dealkylation sites (tertiary alicyclic amines) is 1. The molecule has 1 unspecified atom stereocenters. The molecule has 0 radical (unpaired) electrons. The van der Waals surface area contributed by atoms with E-state index in [9.17, 15) is 4.79 Å². The molecule has 4 heterocycles. The molecule has 0 saturated carbocycles. The lowest BCUT2D eigenvalue weighted by Crippen LogP contribution is -2.40. The predicted molar refractivity (Wildman–Crippen MR) is 109 cm³/mol. The van der Waals surface area contributed by atoms with Crippen molar-refractivity contribution in [3.8, 4) is 11.5 Å². The summed E-state index contributed by atoms with van der Waals surface area (Å²) in [6.45, 7) is 1.38. The summed E-state index contributed by atoms with van der Waals surface area (Å²) < 4.78 is 5.41. The Morgan fingerprint density at radius 2 is 2.07 bits per heavy atom. The molecule has 4 aromatic rings. The molecule has 1 aliphatic heterocycles. The molecular formula is C22H20N6O2. The van der Waals surface area contributed by atoms with E-state index in [2.05, 4.69) is 25.1 Å². The van der Waals surface area contributed by atoms with E-state index in [0.29, 0.717) is 36.1 Å². The maximum Gasteiger partial charge on any atom is 0.272 e. The molecule has 0 aliphatic carbocycles. The highest BCUT2D eigenvalue weighted by Gasteiger charge is 2.27. The van der Waals surface area contributed by atoms with Crippen molar-refractivity contribution in [3.63, 3.8) is 0 Å². The number of fused-ring (bicyclic) bond motifs is 1. The summed E-state index contributed by atoms with van der Waals surface area (Å²) in [4.78, 5) is 32.1. The lowest BCUT2D eigenvalue weighted by molar-refractivity contribution is 0.0662. The number of amides is 1. The number of rotatable bonds is 4. The molecule has 5 rings (SSSR count). The number of nitrogens with zero attached hydrogens (tertiary/aromatic N) is 6. The number of para-hydroxylation sites is 1. The zero-order chi connectivity index (χ0) is 20.3. The zero-order valence-corrected chi connectivity index (χ0v) is 16.3. The van der Waals surface area contributed by atoms with Crippen LogP contribution in [0, 0.1) is 5.92 Å². The maximum atomic E-state index is 13.0. The molecule has 0 bridgehead atoms. The van der Waals surface area contributed by atoms with Crippen LogP contribution in [0.4, 0.5) is 0 Å². The molecule has 8 heteroatoms. The summed E-state index contributed by atoms with van der Waals surface area (Å²) in [7, 11) is 0. The fourth-order valence-corrected chi connectivity index (χ4v) is 3.87. The average molecular weight is 400 g/mol. The van der Waals surface area contributed by atoms with Gasteiger partial charge in [0, 0.05) is 37.3 Å². The second kappa shape index (κ2) is 7.98. The quantitative estimate of drug-likeness (QED) is 0.519. The van der Waals surface area contributed by atoms with Gasteiger partial charge in [0.25, 0.3) is 5.91 Å². The molecule has 0 N–H and O–H groups in total. The largest absolute Gasteiger partial charge is 0.339 e. The summed E-state index contributed by atoms with van der Waals surface area (Å²) in [5.74, 6) is 1.22. The van der Waals surface area contributed by atoms with Crippen LogP contribution in [0.25, 0.3) is 22.4 Å². The van der Waals surface area contributed by atoms with Gasteiger partial charge in [0.2, 0.25) is 11.7 Å². The highest BCUT2D eigenvalue weighted by atomic mass is 16.5. The minimum atomic E-state index is -0.0313. The minimum Gasteiger partial charge on any atom is -0.339 e. The third kappa shape index (κ3) is 3.76. The SMILES string of the molecule is O=C(c1ccc2ccccc2n1)N1CCCC(Cc2nc(-c3cnccn3)no2)C1. The Hall–Kier alpha value is -3.68. The Morgan fingerprint density at radius 1 is 1.13 bits per heavy atom. The fraction of sp³-hybridized carbons (Fsp3) is 0.273. The van der Waals surface area contributed by atoms with E-state index in [1.54, 1.807) is 24.7 Å². The van der Waals surface area contributed by atoms with E-state index in [0.717, 1.165) is 30.3 Å². The first-order chi connectivity index (χ1) is 14.8. The van der Waals surface area contributed by atoms with Crippen LogP contribution in [0.2, 0.25) is 0 Å². The zero-order valence-electron chi connectivity index (χ0n) is 16.3. The average Bonchev–Trinajstić information content (AvgIpc) is 3.27. The lowest BCUT2D eigenvalue weighted by Gasteiger charge is -2.32. The maximum absolute atomic E-state index is 13.0. The van der Waals surface area contributed by atoms with Crippen LogP contribution in [0.15, 0.2) is 59.5 Å². The number of piperidine rings is 1. The molecule has 1 amide bonds. The topological polar surface area (TPSA) is 97.9 Å². The third-order valence-corrected chi connectivity index (χ3v) is 5.35. The Morgan fingerprint density at radius 3 is 2.97 bits per heavy atom. The van der Waals surface area contributed by atoms with Gasteiger partial charge in [-0.1, -0.05) is 29.4 Å². The molecule has 1 aliphatic rings. The smallest absolute Gasteiger partial charge is 0.272 e. The molecule has 0 spiro atoms. The number of carbonyl (C=O) groups excluding carboxylic acids is 1. The Bertz CT molecular complexity index is 1180. The van der Waals surface area contributed by atoms with Gasteiger partial charge in [-0.15, -0.1) is 0 Å². The Kier molecular flexibility index (Phi) is 4.88. The van der Waals surface area contributed by atoms with Crippen LogP contribution in [0.1, 0.15) is 29.2 Å². The summed E-state index contributed by atoms with van der Waals surface area (Å²) in [5, 5.41) is 5.03. The Labute approximate surface area is 173 Å². The first-order valence-corrected chi connectivity index (χ1v) is 10.0. The van der Waals surface area contributed by atoms with Gasteiger partial charge in [0.1, 0.15) is 11.4 Å². The molecule has 1 fully saturated rings. The molecule has 3 aromatic heterocycles. The van der Waals surface area contributed by atoms with Crippen molar-refractivity contribution in [2.75, 3.05) is 13.1 Å². The third-order valence-electron chi connectivity index (χ3n) is 5.35. The minimum absolute atomic E-state index is 0.0313. The van der Waals surface area contributed by atoms with Gasteiger partial charge in [0.05, 0.1) is 11.7 Å². The van der Waals surface area contributed by atoms with Crippen LogP contribution in [-0.4, -0.2) is 49.0 Å². The molecule has 1 atom stereocenters. The van der Waals surface area contributed by atoms with Gasteiger partial charge in [-0.05, 0) is 30.9 Å². The second-order valence-electron chi connectivity index (χ2n) is 7.46. The van der Waals surface area contributed by atoms with Crippen molar-refractivity contribution >= 4 is 16.8 Å². The molecule has 150 valence electrons. The molecule has 1 aromatic carbocycles. The predicted octanol–water partition coefficient (Wildman–Crippen LogP) is 3.17. The van der Waals surface area contributed by atoms with Crippen molar-refractivity contribution in [2.24, 2.45) is 5.92 Å². The highest BCUT2D eigenvalue weighted by Crippen LogP contribution is 2.23. The monoisotopic (exact) mass is 400 g/mol. The number of benzene rings is 1. The van der Waals surface area contributed by atoms with Crippen LogP contribution in [0.5, 0.6) is 0 Å². The van der Waals surface area contributed by atoms with Crippen LogP contribution in [0.3, 0.4) is 0 Å². The number of hydrogen-bond donors (Lipinski definition) is 0. The fourth-order valence-electron chi connectivity index (χ4n) is 3.87. The van der Waals surface area contributed by atoms with Gasteiger partial charge in [0.15, 0.2) is 0 Å². The van der Waals surface area contributed by atoms with Crippen molar-refractivity contribution < 1.29 is 9.32 Å². The molecule has 1 saturated heterocycles. The van der Waals surface area contributed by atoms with Gasteiger partial charge in [-0.2, -0.15) is 4.98 Å². The first kappa shape index (κ1) is 18.4. The van der Waals surface area contributed by atoms with Crippen molar-refractivity contribution in [2.45, 2.75) is 19.3 Å². The normalized spacial score (nSPS) is 16.7. The summed E-state index contributed by atoms with van der Waals surface area (Å²) in [5.41, 5.74) is 1.90. The summed E-state index contributed by atoms with van der Waals surface area (Å²) in [6.07, 6.45) is 7.38. The van der Waals surface area contributed by atoms with E-state index >= 15 is 0 Å². The van der Waals surface area contributed by atoms with Gasteiger partial charge in [-0.3, -0.25) is 9.78 Å². The van der Waals surface area contributed by atoms with Crippen LogP contribution >= 0.6 is 0 Å². The summed E-state index contributed by atoms with van der Waals surface area (Å²) >= 11 is 0. The standard InChI is InChI=1S/C22H20N6O2/c29-22(18-8-7-16-5-1-2-6-17(16)25-18)28-11-3-4-15(14-28)12-20-26-21(27-30-20)19-13-23-9-10-24-19/h1-2,5-10,13,15H,3-4,11-12,14H2. The number of carbonyl (C=O) groups is 1. The van der Waals surface area contributed by atoms with E-state index < -0.39 is 0 Å². The van der Waals surface area contributed by atoms with Gasteiger partial charge < -0.3 is 9.42 Å². The molecule has 30 heavy (non-hydrogen) atoms. The lowest BCUT2D eigenvalue weighted by atomic mass is 9.94. The van der Waals surface area contributed by atoms with Crippen LogP contribution < -0.4 is 0 Å². The van der Waals surface area contributed by atoms with E-state index in [1.165, 1.54) is 0 Å². The van der Waals surface area contributed by atoms with E-state index in [-0.39, 0.29) is 11.8 Å². The molecule has 8 nitrogen and oxygen atoms in total. The van der Waals surface area contributed by atoms with Gasteiger partial charge in [-0.25, -0.2) is 9.97 Å². The summed E-state index contributed by atoms with van der Waals surface area (Å²) in [6, 6.07) is 11.6. The molecular weight excluding hydrogens is 380 g/mol. The first-order valence-electron chi connectivity index (χ1n) is 10.0. The second-order valence-corrected chi connectivity index (χ2v) is 7.46. The number of hydrogen-bond acceptors (Lipinski definition) is 7. The Balaban J connectivity index is 1.27. The van der Waals surface area contributed by atoms with Gasteiger partial charge >= 0.3 is 0 Å². The van der Waals surface area contributed by atoms with E-state index in [1.807, 2.05) is 35.2 Å². The highest BCUT2D eigenvalue weighted by molar-refractivity contribution is 5.95. The number of aromatic nitrogens is 5. The van der Waals surface area contributed by atoms with Crippen molar-refractivity contribution in [1.29, 1.82) is 0 Å².